The number of sulfonamides is 1. The highest BCUT2D eigenvalue weighted by molar-refractivity contribution is 7.99. The van der Waals surface area contributed by atoms with E-state index in [1.54, 1.807) is 6.07 Å². The summed E-state index contributed by atoms with van der Waals surface area (Å²) in [5.74, 6) is 0. The van der Waals surface area contributed by atoms with Crippen molar-refractivity contribution in [2.75, 3.05) is 6.54 Å². The highest BCUT2D eigenvalue weighted by Crippen LogP contribution is 2.39. The van der Waals surface area contributed by atoms with Crippen molar-refractivity contribution in [1.82, 2.24) is 4.31 Å². The Labute approximate surface area is 97.0 Å². The van der Waals surface area contributed by atoms with Crippen LogP contribution in [0.1, 0.15) is 12.5 Å². The lowest BCUT2D eigenvalue weighted by Crippen LogP contribution is -2.09. The molecule has 0 aromatic carbocycles. The van der Waals surface area contributed by atoms with Gasteiger partial charge in [-0.2, -0.15) is 0 Å². The van der Waals surface area contributed by atoms with Crippen LogP contribution in [-0.2, 0) is 10.0 Å². The molecule has 0 bridgehead atoms. The average Bonchev–Trinajstić information content (AvgIpc) is 2.59. The highest BCUT2D eigenvalue weighted by Gasteiger charge is 2.19. The minimum absolute atomic E-state index is 0.225. The number of nitrogens with zero attached hydrogens (tertiary/aromatic N) is 1. The molecule has 0 fully saturated rings. The van der Waals surface area contributed by atoms with Crippen molar-refractivity contribution in [3.8, 4) is 0 Å². The number of nitrogens with two attached hydrogens (primary N) is 1. The number of primary sulfonamides is 1. The molecule has 0 amide bonds. The molecule has 4 nitrogen and oxygen atoms in total. The van der Waals surface area contributed by atoms with E-state index in [2.05, 4.69) is 0 Å². The maximum atomic E-state index is 11.1. The summed E-state index contributed by atoms with van der Waals surface area (Å²) in [6.07, 6.45) is 3.84. The monoisotopic (exact) mass is 262 g/mol. The molecule has 82 valence electrons. The summed E-state index contributed by atoms with van der Waals surface area (Å²) < 4.78 is 25.5. The van der Waals surface area contributed by atoms with Gasteiger partial charge in [-0.1, -0.05) is 0 Å². The standard InChI is InChI=1S/C8H10N2O2S3/c1-2-10-4-3-6-5-7(15(9,11)12)13-8(6)14-10/h3-5H,2H2,1H3,(H2,9,11,12). The third-order valence-corrected chi connectivity index (χ3v) is 5.77. The molecule has 0 aliphatic carbocycles. The molecule has 1 aliphatic heterocycles. The van der Waals surface area contributed by atoms with E-state index in [1.165, 1.54) is 23.3 Å². The van der Waals surface area contributed by atoms with Crippen LogP contribution in [0.5, 0.6) is 0 Å². The molecule has 0 atom stereocenters. The lowest BCUT2D eigenvalue weighted by Gasteiger charge is -2.19. The Morgan fingerprint density at radius 1 is 1.53 bits per heavy atom. The second kappa shape index (κ2) is 3.82. The molecule has 1 aromatic rings. The van der Waals surface area contributed by atoms with Crippen LogP contribution in [0.4, 0.5) is 0 Å². The Morgan fingerprint density at radius 2 is 2.27 bits per heavy atom. The SMILES string of the molecule is CCN1C=Cc2cc(S(N)(=O)=O)sc2S1. The van der Waals surface area contributed by atoms with E-state index in [4.69, 9.17) is 5.14 Å². The van der Waals surface area contributed by atoms with Crippen LogP contribution < -0.4 is 5.14 Å². The molecule has 1 aliphatic rings. The first-order valence-electron chi connectivity index (χ1n) is 4.30. The van der Waals surface area contributed by atoms with Crippen molar-refractivity contribution in [2.45, 2.75) is 15.3 Å². The van der Waals surface area contributed by atoms with Gasteiger partial charge in [0, 0.05) is 18.3 Å². The zero-order valence-electron chi connectivity index (χ0n) is 8.00. The third kappa shape index (κ3) is 2.20. The van der Waals surface area contributed by atoms with Crippen LogP contribution in [0, 0.1) is 0 Å². The van der Waals surface area contributed by atoms with Crippen molar-refractivity contribution in [3.63, 3.8) is 0 Å². The normalized spacial score (nSPS) is 15.5. The molecule has 0 saturated heterocycles. The zero-order chi connectivity index (χ0) is 11.1. The molecule has 0 saturated carbocycles. The van der Waals surface area contributed by atoms with Gasteiger partial charge in [0.05, 0.1) is 4.21 Å². The average molecular weight is 262 g/mol. The Balaban J connectivity index is 2.40. The summed E-state index contributed by atoms with van der Waals surface area (Å²) in [6.45, 7) is 2.92. The van der Waals surface area contributed by atoms with E-state index in [9.17, 15) is 8.42 Å². The summed E-state index contributed by atoms with van der Waals surface area (Å²) in [7, 11) is -3.57. The summed E-state index contributed by atoms with van der Waals surface area (Å²) in [5.41, 5.74) is 0.929. The van der Waals surface area contributed by atoms with Gasteiger partial charge in [-0.25, -0.2) is 13.6 Å². The van der Waals surface area contributed by atoms with Gasteiger partial charge in [-0.3, -0.25) is 0 Å². The summed E-state index contributed by atoms with van der Waals surface area (Å²) in [5, 5.41) is 5.07. The fraction of sp³-hybridized carbons (Fsp3) is 0.250. The molecule has 1 aromatic heterocycles. The molecule has 2 N–H and O–H groups in total. The third-order valence-electron chi connectivity index (χ3n) is 1.91. The van der Waals surface area contributed by atoms with E-state index in [0.29, 0.717) is 0 Å². The first-order valence-corrected chi connectivity index (χ1v) is 7.44. The molecular formula is C8H10N2O2S3. The molecule has 0 radical (unpaired) electrons. The van der Waals surface area contributed by atoms with Gasteiger partial charge >= 0.3 is 0 Å². The van der Waals surface area contributed by atoms with Gasteiger partial charge in [0.25, 0.3) is 0 Å². The number of rotatable bonds is 2. The quantitative estimate of drug-likeness (QED) is 0.824. The summed E-state index contributed by atoms with van der Waals surface area (Å²) >= 11 is 2.76. The largest absolute Gasteiger partial charge is 0.319 e. The van der Waals surface area contributed by atoms with Crippen LogP contribution in [-0.4, -0.2) is 19.3 Å². The summed E-state index contributed by atoms with van der Waals surface area (Å²) in [6, 6.07) is 1.62. The first-order chi connectivity index (χ1) is 7.00. The number of fused-ring (bicyclic) bond motifs is 1. The Morgan fingerprint density at radius 3 is 2.87 bits per heavy atom. The lowest BCUT2D eigenvalue weighted by atomic mass is 10.3. The van der Waals surface area contributed by atoms with Crippen molar-refractivity contribution >= 4 is 39.4 Å². The molecule has 2 rings (SSSR count). The summed E-state index contributed by atoms with van der Waals surface area (Å²) in [4.78, 5) is 0. The molecule has 0 spiro atoms. The molecular weight excluding hydrogens is 252 g/mol. The van der Waals surface area contributed by atoms with E-state index < -0.39 is 10.0 Å². The lowest BCUT2D eigenvalue weighted by molar-refractivity contribution is 0.600. The molecule has 2 heterocycles. The fourth-order valence-electron chi connectivity index (χ4n) is 1.16. The maximum absolute atomic E-state index is 11.1. The van der Waals surface area contributed by atoms with Crippen LogP contribution in [0.15, 0.2) is 20.7 Å². The highest BCUT2D eigenvalue weighted by atomic mass is 32.3. The second-order valence-electron chi connectivity index (χ2n) is 2.99. The van der Waals surface area contributed by atoms with Gasteiger partial charge in [0.1, 0.15) is 4.21 Å². The fourth-order valence-corrected chi connectivity index (χ4v) is 4.34. The minimum Gasteiger partial charge on any atom is -0.319 e. The second-order valence-corrected chi connectivity index (χ2v) is 7.15. The van der Waals surface area contributed by atoms with Crippen molar-refractivity contribution in [3.05, 3.63) is 17.8 Å². The van der Waals surface area contributed by atoms with Gasteiger partial charge < -0.3 is 4.31 Å². The maximum Gasteiger partial charge on any atom is 0.247 e. The van der Waals surface area contributed by atoms with E-state index in [-0.39, 0.29) is 4.21 Å². The number of thiophene rings is 1. The van der Waals surface area contributed by atoms with Crippen LogP contribution in [0.2, 0.25) is 0 Å². The number of hydrogen-bond donors (Lipinski definition) is 1. The smallest absolute Gasteiger partial charge is 0.247 e. The van der Waals surface area contributed by atoms with Crippen LogP contribution in [0.3, 0.4) is 0 Å². The van der Waals surface area contributed by atoms with Crippen molar-refractivity contribution in [2.24, 2.45) is 5.14 Å². The van der Waals surface area contributed by atoms with E-state index >= 15 is 0 Å². The van der Waals surface area contributed by atoms with Gasteiger partial charge in [0.2, 0.25) is 10.0 Å². The minimum atomic E-state index is -3.57. The zero-order valence-corrected chi connectivity index (χ0v) is 10.5. The molecule has 7 heteroatoms. The molecule has 0 unspecified atom stereocenters. The van der Waals surface area contributed by atoms with E-state index in [1.807, 2.05) is 23.5 Å². The Bertz CT molecular complexity index is 504. The van der Waals surface area contributed by atoms with E-state index in [0.717, 1.165) is 16.3 Å². The van der Waals surface area contributed by atoms with Gasteiger partial charge in [-0.05, 0) is 31.0 Å². The number of hydrogen-bond acceptors (Lipinski definition) is 5. The predicted octanol–water partition coefficient (Wildman–Crippen LogP) is 1.71. The topological polar surface area (TPSA) is 63.4 Å². The first kappa shape index (κ1) is 11.0. The van der Waals surface area contributed by atoms with Crippen molar-refractivity contribution < 1.29 is 8.42 Å². The van der Waals surface area contributed by atoms with Crippen LogP contribution >= 0.6 is 23.3 Å². The molecule has 15 heavy (non-hydrogen) atoms. The van der Waals surface area contributed by atoms with Crippen LogP contribution in [0.25, 0.3) is 6.08 Å². The Hall–Kier alpha value is -0.500. The Kier molecular flexibility index (Phi) is 2.80. The van der Waals surface area contributed by atoms with Crippen molar-refractivity contribution in [1.29, 1.82) is 0 Å². The van der Waals surface area contributed by atoms with Gasteiger partial charge in [-0.15, -0.1) is 11.3 Å². The van der Waals surface area contributed by atoms with Gasteiger partial charge in [0.15, 0.2) is 0 Å². The predicted molar refractivity (Wildman–Crippen MR) is 63.0 cm³/mol.